The van der Waals surface area contributed by atoms with E-state index in [1.54, 1.807) is 13.4 Å². The minimum absolute atomic E-state index is 0.000986. The Hall–Kier alpha value is -1.36. The molecule has 0 atom stereocenters. The van der Waals surface area contributed by atoms with Gasteiger partial charge in [-0.2, -0.15) is 0 Å². The molecular weight excluding hydrogens is 240 g/mol. The first-order valence-corrected chi connectivity index (χ1v) is 6.93. The van der Waals surface area contributed by atoms with E-state index in [0.717, 1.165) is 36.6 Å². The van der Waals surface area contributed by atoms with Crippen LogP contribution >= 0.6 is 0 Å². The van der Waals surface area contributed by atoms with Gasteiger partial charge >= 0.3 is 0 Å². The third-order valence-corrected chi connectivity index (χ3v) is 3.97. The average Bonchev–Trinajstić information content (AvgIpc) is 2.37. The zero-order chi connectivity index (χ0) is 13.9. The topological polar surface area (TPSA) is 59.1 Å². The molecule has 1 fully saturated rings. The molecule has 1 heterocycles. The molecule has 0 saturated heterocycles. The highest BCUT2D eigenvalue weighted by atomic mass is 16.5. The van der Waals surface area contributed by atoms with Crippen LogP contribution < -0.4 is 10.6 Å². The summed E-state index contributed by atoms with van der Waals surface area (Å²) in [6.45, 7) is 5.11. The molecule has 0 unspecified atom stereocenters. The van der Waals surface area contributed by atoms with Gasteiger partial charge in [0.2, 0.25) is 0 Å². The molecule has 0 aromatic carbocycles. The summed E-state index contributed by atoms with van der Waals surface area (Å²) in [5.41, 5.74) is 1.13. The molecule has 1 aliphatic rings. The maximum Gasteiger partial charge on any atom is 0.135 e. The van der Waals surface area contributed by atoms with Crippen molar-refractivity contribution >= 4 is 11.6 Å². The maximum absolute atomic E-state index is 5.63. The Morgan fingerprint density at radius 1 is 1.32 bits per heavy atom. The van der Waals surface area contributed by atoms with Gasteiger partial charge in [0.25, 0.3) is 0 Å². The van der Waals surface area contributed by atoms with E-state index in [2.05, 4.69) is 34.4 Å². The standard InChI is InChI=1S/C14H24N4O/c1-10(2)11-12(15-3)17-9-18-13(11)16-8-14(19-4)6-5-7-14/h9-10H,5-8H2,1-4H3,(H2,15,16,17,18). The summed E-state index contributed by atoms with van der Waals surface area (Å²) in [7, 11) is 3.68. The Kier molecular flexibility index (Phi) is 4.24. The summed E-state index contributed by atoms with van der Waals surface area (Å²) < 4.78 is 5.63. The van der Waals surface area contributed by atoms with E-state index < -0.39 is 0 Å². The molecule has 0 aliphatic heterocycles. The maximum atomic E-state index is 5.63. The Morgan fingerprint density at radius 3 is 2.47 bits per heavy atom. The number of methoxy groups -OCH3 is 1. The molecule has 19 heavy (non-hydrogen) atoms. The first kappa shape index (κ1) is 14.1. The zero-order valence-electron chi connectivity index (χ0n) is 12.3. The average molecular weight is 264 g/mol. The SMILES string of the molecule is CNc1ncnc(NCC2(OC)CCC2)c1C(C)C. The van der Waals surface area contributed by atoms with Crippen LogP contribution in [-0.2, 0) is 4.74 Å². The third kappa shape index (κ3) is 2.81. The fourth-order valence-electron chi connectivity index (χ4n) is 2.55. The van der Waals surface area contributed by atoms with Crippen molar-refractivity contribution < 1.29 is 4.74 Å². The number of nitrogens with zero attached hydrogens (tertiary/aromatic N) is 2. The van der Waals surface area contributed by atoms with Gasteiger partial charge in [-0.1, -0.05) is 13.8 Å². The predicted octanol–water partition coefficient (Wildman–Crippen LogP) is 2.62. The number of hydrogen-bond donors (Lipinski definition) is 2. The van der Waals surface area contributed by atoms with Crippen LogP contribution in [0.25, 0.3) is 0 Å². The minimum Gasteiger partial charge on any atom is -0.376 e. The number of ether oxygens (including phenoxy) is 1. The van der Waals surface area contributed by atoms with Gasteiger partial charge in [0, 0.05) is 26.3 Å². The van der Waals surface area contributed by atoms with Crippen LogP contribution in [0.5, 0.6) is 0 Å². The predicted molar refractivity (Wildman–Crippen MR) is 77.7 cm³/mol. The minimum atomic E-state index is -0.000986. The lowest BCUT2D eigenvalue weighted by molar-refractivity contribution is -0.0601. The molecule has 1 aromatic rings. The molecule has 1 aliphatic carbocycles. The zero-order valence-corrected chi connectivity index (χ0v) is 12.3. The van der Waals surface area contributed by atoms with Crippen molar-refractivity contribution in [1.82, 2.24) is 9.97 Å². The lowest BCUT2D eigenvalue weighted by atomic mass is 9.80. The molecule has 1 aromatic heterocycles. The molecule has 0 amide bonds. The lowest BCUT2D eigenvalue weighted by Gasteiger charge is -2.40. The van der Waals surface area contributed by atoms with Gasteiger partial charge in [0.05, 0.1) is 5.60 Å². The van der Waals surface area contributed by atoms with Crippen molar-refractivity contribution in [2.45, 2.75) is 44.6 Å². The van der Waals surface area contributed by atoms with Crippen molar-refractivity contribution in [3.05, 3.63) is 11.9 Å². The first-order chi connectivity index (χ1) is 9.12. The molecule has 0 spiro atoms. The molecule has 5 heteroatoms. The second-order valence-electron chi connectivity index (χ2n) is 5.48. The second-order valence-corrected chi connectivity index (χ2v) is 5.48. The molecule has 0 radical (unpaired) electrons. The number of rotatable bonds is 6. The highest BCUT2D eigenvalue weighted by Gasteiger charge is 2.37. The summed E-state index contributed by atoms with van der Waals surface area (Å²) in [4.78, 5) is 8.67. The van der Waals surface area contributed by atoms with Crippen LogP contribution in [-0.4, -0.2) is 36.3 Å². The van der Waals surface area contributed by atoms with Gasteiger partial charge in [0.1, 0.15) is 18.0 Å². The normalized spacial score (nSPS) is 17.1. The van der Waals surface area contributed by atoms with Crippen molar-refractivity contribution in [3.63, 3.8) is 0 Å². The second kappa shape index (κ2) is 5.74. The van der Waals surface area contributed by atoms with Crippen molar-refractivity contribution in [2.24, 2.45) is 0 Å². The van der Waals surface area contributed by atoms with Gasteiger partial charge in [0.15, 0.2) is 0 Å². The van der Waals surface area contributed by atoms with Gasteiger partial charge in [-0.15, -0.1) is 0 Å². The Labute approximate surface area is 115 Å². The lowest BCUT2D eigenvalue weighted by Crippen LogP contribution is -2.45. The van der Waals surface area contributed by atoms with Gasteiger partial charge in [-0.05, 0) is 25.2 Å². The molecular formula is C14H24N4O. The Bertz CT molecular complexity index is 424. The number of hydrogen-bond acceptors (Lipinski definition) is 5. The van der Waals surface area contributed by atoms with Gasteiger partial charge < -0.3 is 15.4 Å². The Balaban J connectivity index is 2.15. The van der Waals surface area contributed by atoms with E-state index in [0.29, 0.717) is 5.92 Å². The van der Waals surface area contributed by atoms with Gasteiger partial charge in [-0.3, -0.25) is 0 Å². The first-order valence-electron chi connectivity index (χ1n) is 6.93. The summed E-state index contributed by atoms with van der Waals surface area (Å²) in [6, 6.07) is 0. The molecule has 2 rings (SSSR count). The van der Waals surface area contributed by atoms with Crippen LogP contribution in [0.4, 0.5) is 11.6 Å². The summed E-state index contributed by atoms with van der Waals surface area (Å²) >= 11 is 0. The van der Waals surface area contributed by atoms with Crippen LogP contribution in [0.15, 0.2) is 6.33 Å². The quantitative estimate of drug-likeness (QED) is 0.827. The van der Waals surface area contributed by atoms with E-state index in [4.69, 9.17) is 4.74 Å². The highest BCUT2D eigenvalue weighted by molar-refractivity contribution is 5.58. The summed E-state index contributed by atoms with van der Waals surface area (Å²) in [5.74, 6) is 2.18. The summed E-state index contributed by atoms with van der Waals surface area (Å²) in [6.07, 6.45) is 5.09. The van der Waals surface area contributed by atoms with Crippen molar-refractivity contribution in [3.8, 4) is 0 Å². The molecule has 106 valence electrons. The molecule has 0 bridgehead atoms. The fourth-order valence-corrected chi connectivity index (χ4v) is 2.55. The van der Waals surface area contributed by atoms with Crippen LogP contribution in [0.1, 0.15) is 44.6 Å². The van der Waals surface area contributed by atoms with Crippen molar-refractivity contribution in [2.75, 3.05) is 31.3 Å². The monoisotopic (exact) mass is 264 g/mol. The highest BCUT2D eigenvalue weighted by Crippen LogP contribution is 2.36. The van der Waals surface area contributed by atoms with Gasteiger partial charge in [-0.25, -0.2) is 9.97 Å². The van der Waals surface area contributed by atoms with Crippen LogP contribution in [0, 0.1) is 0 Å². The Morgan fingerprint density at radius 2 is 2.00 bits per heavy atom. The smallest absolute Gasteiger partial charge is 0.135 e. The van der Waals surface area contributed by atoms with E-state index in [-0.39, 0.29) is 5.60 Å². The third-order valence-electron chi connectivity index (χ3n) is 3.97. The number of aromatic nitrogens is 2. The van der Waals surface area contributed by atoms with E-state index in [1.165, 1.54) is 6.42 Å². The van der Waals surface area contributed by atoms with E-state index in [1.807, 2.05) is 7.05 Å². The summed E-state index contributed by atoms with van der Waals surface area (Å²) in [5, 5.41) is 6.58. The number of anilines is 2. The molecule has 5 nitrogen and oxygen atoms in total. The number of nitrogens with one attached hydrogen (secondary N) is 2. The molecule has 1 saturated carbocycles. The van der Waals surface area contributed by atoms with Crippen LogP contribution in [0.3, 0.4) is 0 Å². The van der Waals surface area contributed by atoms with Crippen molar-refractivity contribution in [1.29, 1.82) is 0 Å². The molecule has 2 N–H and O–H groups in total. The van der Waals surface area contributed by atoms with E-state index in [9.17, 15) is 0 Å². The van der Waals surface area contributed by atoms with E-state index >= 15 is 0 Å². The van der Waals surface area contributed by atoms with Crippen LogP contribution in [0.2, 0.25) is 0 Å². The largest absolute Gasteiger partial charge is 0.376 e. The fraction of sp³-hybridized carbons (Fsp3) is 0.714.